The fourth-order valence-corrected chi connectivity index (χ4v) is 4.65. The van der Waals surface area contributed by atoms with Gasteiger partial charge in [-0.15, -0.1) is 0 Å². The van der Waals surface area contributed by atoms with E-state index in [-0.39, 0.29) is 23.2 Å². The Morgan fingerprint density at radius 2 is 1.76 bits per heavy atom. The van der Waals surface area contributed by atoms with Crippen LogP contribution in [-0.2, 0) is 6.18 Å². The normalized spacial score (nSPS) is 20.4. The molecule has 2 N–H and O–H groups in total. The van der Waals surface area contributed by atoms with Gasteiger partial charge in [-0.2, -0.15) is 13.2 Å². The molecule has 1 aromatic carbocycles. The van der Waals surface area contributed by atoms with E-state index in [0.717, 1.165) is 64.0 Å². The lowest BCUT2D eigenvalue weighted by atomic mass is 9.96. The predicted octanol–water partition coefficient (Wildman–Crippen LogP) is 5.09. The van der Waals surface area contributed by atoms with Gasteiger partial charge >= 0.3 is 12.2 Å². The van der Waals surface area contributed by atoms with Crippen molar-refractivity contribution in [2.75, 3.05) is 32.7 Å². The summed E-state index contributed by atoms with van der Waals surface area (Å²) in [6, 6.07) is 2.69. The van der Waals surface area contributed by atoms with Gasteiger partial charge in [0.05, 0.1) is 5.56 Å². The van der Waals surface area contributed by atoms with Crippen molar-refractivity contribution in [2.45, 2.75) is 64.2 Å². The Bertz CT molecular complexity index is 873. The zero-order valence-electron chi connectivity index (χ0n) is 20.3. The Labute approximate surface area is 199 Å². The minimum Gasteiger partial charge on any atom is -0.385 e. The molecular formula is C25H36F4N4O. The van der Waals surface area contributed by atoms with Crippen LogP contribution in [0.25, 0.3) is 5.70 Å². The van der Waals surface area contributed by atoms with Crippen molar-refractivity contribution in [2.24, 2.45) is 5.92 Å². The molecular weight excluding hydrogens is 448 g/mol. The first-order valence-corrected chi connectivity index (χ1v) is 11.9. The molecule has 2 saturated heterocycles. The second-order valence-corrected chi connectivity index (χ2v) is 10.5. The van der Waals surface area contributed by atoms with Crippen molar-refractivity contribution >= 4 is 11.7 Å². The van der Waals surface area contributed by atoms with E-state index in [0.29, 0.717) is 24.2 Å². The van der Waals surface area contributed by atoms with Gasteiger partial charge in [0.2, 0.25) is 0 Å². The number of carbonyl (C=O) groups excluding carboxylic acids is 1. The average Bonchev–Trinajstić information content (AvgIpc) is 3.19. The fraction of sp³-hybridized carbons (Fsp3) is 0.640. The summed E-state index contributed by atoms with van der Waals surface area (Å²) in [5.41, 5.74) is -0.881. The molecule has 0 unspecified atom stereocenters. The van der Waals surface area contributed by atoms with E-state index in [1.807, 2.05) is 25.7 Å². The molecule has 2 aliphatic rings. The Morgan fingerprint density at radius 3 is 2.38 bits per heavy atom. The minimum atomic E-state index is -4.60. The lowest BCUT2D eigenvalue weighted by Gasteiger charge is -2.36. The first kappa shape index (κ1) is 26.3. The highest BCUT2D eigenvalue weighted by molar-refractivity contribution is 5.75. The molecule has 1 aromatic rings. The van der Waals surface area contributed by atoms with Crippen molar-refractivity contribution in [1.29, 1.82) is 0 Å². The molecule has 0 bridgehead atoms. The van der Waals surface area contributed by atoms with Gasteiger partial charge in [-0.25, -0.2) is 9.18 Å². The van der Waals surface area contributed by atoms with E-state index in [1.165, 1.54) is 0 Å². The third-order valence-electron chi connectivity index (χ3n) is 6.47. The van der Waals surface area contributed by atoms with Gasteiger partial charge < -0.3 is 20.4 Å². The van der Waals surface area contributed by atoms with Crippen LogP contribution >= 0.6 is 0 Å². The summed E-state index contributed by atoms with van der Waals surface area (Å²) in [5, 5.41) is 6.16. The number of hydrogen-bond acceptors (Lipinski definition) is 3. The van der Waals surface area contributed by atoms with Crippen LogP contribution in [0.4, 0.5) is 22.4 Å². The maximum Gasteiger partial charge on any atom is 0.416 e. The molecule has 0 saturated carbocycles. The largest absolute Gasteiger partial charge is 0.416 e. The van der Waals surface area contributed by atoms with Crippen LogP contribution < -0.4 is 10.6 Å². The molecule has 3 rings (SSSR count). The number of carbonyl (C=O) groups is 1. The Kier molecular flexibility index (Phi) is 8.16. The van der Waals surface area contributed by atoms with E-state index in [4.69, 9.17) is 0 Å². The number of alkyl halides is 3. The number of amides is 2. The van der Waals surface area contributed by atoms with Crippen LogP contribution in [0.3, 0.4) is 0 Å². The summed E-state index contributed by atoms with van der Waals surface area (Å²) >= 11 is 0. The molecule has 2 heterocycles. The molecule has 0 aromatic heterocycles. The molecule has 1 atom stereocenters. The van der Waals surface area contributed by atoms with Gasteiger partial charge in [-0.05, 0) is 83.7 Å². The zero-order valence-corrected chi connectivity index (χ0v) is 20.3. The van der Waals surface area contributed by atoms with Crippen molar-refractivity contribution in [3.63, 3.8) is 0 Å². The van der Waals surface area contributed by atoms with E-state index >= 15 is 0 Å². The van der Waals surface area contributed by atoms with Crippen molar-refractivity contribution in [3.8, 4) is 0 Å². The van der Waals surface area contributed by atoms with Gasteiger partial charge in [-0.1, -0.05) is 6.58 Å². The highest BCUT2D eigenvalue weighted by Gasteiger charge is 2.33. The zero-order chi connectivity index (χ0) is 25.1. The monoisotopic (exact) mass is 484 g/mol. The maximum atomic E-state index is 13.7. The van der Waals surface area contributed by atoms with Gasteiger partial charge in [0.25, 0.3) is 0 Å². The molecule has 0 aliphatic carbocycles. The first-order valence-electron chi connectivity index (χ1n) is 11.9. The molecule has 190 valence electrons. The molecule has 2 amide bonds. The highest BCUT2D eigenvalue weighted by atomic mass is 19.4. The van der Waals surface area contributed by atoms with Crippen LogP contribution in [0.15, 0.2) is 24.8 Å². The number of benzene rings is 1. The van der Waals surface area contributed by atoms with E-state index in [2.05, 4.69) is 22.1 Å². The fourth-order valence-electron chi connectivity index (χ4n) is 4.65. The second kappa shape index (κ2) is 10.5. The van der Waals surface area contributed by atoms with Crippen molar-refractivity contribution in [1.82, 2.24) is 20.4 Å². The minimum absolute atomic E-state index is 0.00127. The van der Waals surface area contributed by atoms with E-state index in [9.17, 15) is 22.4 Å². The third kappa shape index (κ3) is 7.35. The number of hydrogen-bond donors (Lipinski definition) is 2. The standard InChI is InChI=1S/C25H36F4N4O/c1-17(19-12-20(25(27,28)29)14-21(26)13-19)30-15-18-7-10-32(11-8-18)16-22-6-5-9-33(22)23(34)31-24(2,3)4/h12-14,18,22,30H,1,5-11,15-16H2,2-4H3,(H,31,34)/t22-/m0/s1. The maximum absolute atomic E-state index is 13.7. The average molecular weight is 485 g/mol. The van der Waals surface area contributed by atoms with Gasteiger partial charge in [0, 0.05) is 42.5 Å². The third-order valence-corrected chi connectivity index (χ3v) is 6.47. The Hall–Kier alpha value is -2.29. The van der Waals surface area contributed by atoms with Crippen LogP contribution in [0.5, 0.6) is 0 Å². The van der Waals surface area contributed by atoms with Crippen LogP contribution in [-0.4, -0.2) is 60.1 Å². The van der Waals surface area contributed by atoms with Crippen LogP contribution in [0.1, 0.15) is 57.6 Å². The van der Waals surface area contributed by atoms with Crippen LogP contribution in [0.2, 0.25) is 0 Å². The number of halogens is 4. The first-order chi connectivity index (χ1) is 15.8. The Morgan fingerprint density at radius 1 is 1.09 bits per heavy atom. The topological polar surface area (TPSA) is 47.6 Å². The Balaban J connectivity index is 1.45. The summed E-state index contributed by atoms with van der Waals surface area (Å²) < 4.78 is 52.6. The summed E-state index contributed by atoms with van der Waals surface area (Å²) in [6.45, 7) is 13.8. The second-order valence-electron chi connectivity index (χ2n) is 10.5. The number of nitrogens with one attached hydrogen (secondary N) is 2. The lowest BCUT2D eigenvalue weighted by Crippen LogP contribution is -2.52. The summed E-state index contributed by atoms with van der Waals surface area (Å²) in [6.07, 6.45) is -0.699. The molecule has 2 aliphatic heterocycles. The van der Waals surface area contributed by atoms with E-state index in [1.54, 1.807) is 0 Å². The SMILES string of the molecule is C=C(NCC1CCN(C[C@@H]2CCCN2C(=O)NC(C)(C)C)CC1)c1cc(F)cc(C(F)(F)F)c1. The summed E-state index contributed by atoms with van der Waals surface area (Å²) in [7, 11) is 0. The molecule has 0 spiro atoms. The number of nitrogens with zero attached hydrogens (tertiary/aromatic N) is 2. The molecule has 2 fully saturated rings. The highest BCUT2D eigenvalue weighted by Crippen LogP contribution is 2.31. The van der Waals surface area contributed by atoms with E-state index < -0.39 is 17.6 Å². The van der Waals surface area contributed by atoms with Crippen molar-refractivity contribution in [3.05, 3.63) is 41.7 Å². The number of likely N-dealkylation sites (tertiary alicyclic amines) is 2. The van der Waals surface area contributed by atoms with Gasteiger partial charge in [0.15, 0.2) is 0 Å². The number of urea groups is 1. The molecule has 34 heavy (non-hydrogen) atoms. The number of rotatable bonds is 6. The summed E-state index contributed by atoms with van der Waals surface area (Å²) in [5.74, 6) is -0.578. The number of piperidine rings is 1. The lowest BCUT2D eigenvalue weighted by molar-refractivity contribution is -0.137. The molecule has 5 nitrogen and oxygen atoms in total. The predicted molar refractivity (Wildman–Crippen MR) is 126 cm³/mol. The van der Waals surface area contributed by atoms with Gasteiger partial charge in [-0.3, -0.25) is 0 Å². The van der Waals surface area contributed by atoms with Crippen LogP contribution in [0, 0.1) is 11.7 Å². The smallest absolute Gasteiger partial charge is 0.385 e. The summed E-state index contributed by atoms with van der Waals surface area (Å²) in [4.78, 5) is 17.0. The van der Waals surface area contributed by atoms with Gasteiger partial charge in [0.1, 0.15) is 5.82 Å². The molecule has 9 heteroatoms. The molecule has 0 radical (unpaired) electrons. The quantitative estimate of drug-likeness (QED) is 0.553. The van der Waals surface area contributed by atoms with Crippen molar-refractivity contribution < 1.29 is 22.4 Å².